The Morgan fingerprint density at radius 1 is 0.971 bits per heavy atom. The number of hydrogen-bond acceptors (Lipinski definition) is 6. The van der Waals surface area contributed by atoms with E-state index in [0.717, 1.165) is 4.31 Å². The molecule has 8 nitrogen and oxygen atoms in total. The second-order valence-corrected chi connectivity index (χ2v) is 9.96. The van der Waals surface area contributed by atoms with E-state index in [1.54, 1.807) is 54.6 Å². The van der Waals surface area contributed by atoms with E-state index in [2.05, 4.69) is 10.5 Å². The molecule has 0 saturated heterocycles. The number of benzene rings is 3. The Morgan fingerprint density at radius 2 is 1.63 bits per heavy atom. The first-order valence-electron chi connectivity index (χ1n) is 10.3. The van der Waals surface area contributed by atoms with Crippen LogP contribution in [0.2, 0.25) is 10.0 Å². The summed E-state index contributed by atoms with van der Waals surface area (Å²) in [5, 5.41) is 4.57. The fraction of sp³-hybridized carbons (Fsp3) is 0.167. The molecular weight excluding hydrogens is 513 g/mol. The molecule has 3 aromatic rings. The van der Waals surface area contributed by atoms with E-state index < -0.39 is 22.5 Å². The number of rotatable bonds is 10. The van der Waals surface area contributed by atoms with Crippen molar-refractivity contribution >= 4 is 45.3 Å². The maximum absolute atomic E-state index is 13.3. The van der Waals surface area contributed by atoms with Gasteiger partial charge in [0.25, 0.3) is 5.91 Å². The SMILES string of the molecule is COc1cccc(OC)c1/C=N\NC(=O)CN(Cc1ccc(Cl)c(Cl)c1)S(=O)(=O)c1ccccc1. The molecule has 1 amide bonds. The number of sulfonamides is 1. The fourth-order valence-corrected chi connectivity index (χ4v) is 4.91. The lowest BCUT2D eigenvalue weighted by molar-refractivity contribution is -0.121. The van der Waals surface area contributed by atoms with Crippen LogP contribution in [-0.2, 0) is 21.4 Å². The van der Waals surface area contributed by atoms with Crippen LogP contribution in [0.15, 0.2) is 76.7 Å². The van der Waals surface area contributed by atoms with Gasteiger partial charge in [0.15, 0.2) is 0 Å². The number of nitrogens with one attached hydrogen (secondary N) is 1. The number of hydrogen-bond donors (Lipinski definition) is 1. The first-order chi connectivity index (χ1) is 16.8. The molecule has 0 spiro atoms. The lowest BCUT2D eigenvalue weighted by atomic mass is 10.2. The maximum Gasteiger partial charge on any atom is 0.255 e. The summed E-state index contributed by atoms with van der Waals surface area (Å²) in [4.78, 5) is 12.8. The van der Waals surface area contributed by atoms with Crippen LogP contribution in [0.25, 0.3) is 0 Å². The average Bonchev–Trinajstić information content (AvgIpc) is 2.86. The van der Waals surface area contributed by atoms with E-state index in [-0.39, 0.29) is 16.5 Å². The lowest BCUT2D eigenvalue weighted by Gasteiger charge is -2.21. The van der Waals surface area contributed by atoms with E-state index in [4.69, 9.17) is 32.7 Å². The predicted octanol–water partition coefficient (Wildman–Crippen LogP) is 4.35. The number of halogens is 2. The third-order valence-corrected chi connectivity index (χ3v) is 7.44. The van der Waals surface area contributed by atoms with Crippen LogP contribution in [0.5, 0.6) is 11.5 Å². The zero-order valence-corrected chi connectivity index (χ0v) is 21.3. The molecule has 0 aliphatic heterocycles. The zero-order valence-electron chi connectivity index (χ0n) is 18.9. The van der Waals surface area contributed by atoms with Gasteiger partial charge < -0.3 is 9.47 Å². The van der Waals surface area contributed by atoms with E-state index in [1.807, 2.05) is 0 Å². The average molecular weight is 536 g/mol. The van der Waals surface area contributed by atoms with Gasteiger partial charge >= 0.3 is 0 Å². The molecule has 0 atom stereocenters. The van der Waals surface area contributed by atoms with Crippen molar-refractivity contribution in [2.45, 2.75) is 11.4 Å². The maximum atomic E-state index is 13.3. The Hall–Kier alpha value is -3.11. The van der Waals surface area contributed by atoms with Gasteiger partial charge in [0, 0.05) is 6.54 Å². The number of amides is 1. The highest BCUT2D eigenvalue weighted by molar-refractivity contribution is 7.89. The van der Waals surface area contributed by atoms with Crippen molar-refractivity contribution in [1.29, 1.82) is 0 Å². The van der Waals surface area contributed by atoms with Crippen molar-refractivity contribution in [2.75, 3.05) is 20.8 Å². The molecule has 0 bridgehead atoms. The van der Waals surface area contributed by atoms with Crippen molar-refractivity contribution < 1.29 is 22.7 Å². The minimum Gasteiger partial charge on any atom is -0.496 e. The van der Waals surface area contributed by atoms with Crippen LogP contribution in [0.4, 0.5) is 0 Å². The van der Waals surface area contributed by atoms with Crippen LogP contribution >= 0.6 is 23.2 Å². The van der Waals surface area contributed by atoms with Crippen LogP contribution in [-0.4, -0.2) is 45.6 Å². The van der Waals surface area contributed by atoms with Crippen molar-refractivity contribution in [3.05, 3.63) is 87.9 Å². The molecule has 0 aliphatic rings. The van der Waals surface area contributed by atoms with Crippen molar-refractivity contribution in [3.63, 3.8) is 0 Å². The Bertz CT molecular complexity index is 1300. The van der Waals surface area contributed by atoms with Gasteiger partial charge in [-0.25, -0.2) is 13.8 Å². The minimum absolute atomic E-state index is 0.0510. The third kappa shape index (κ3) is 6.73. The molecule has 0 aromatic heterocycles. The van der Waals surface area contributed by atoms with Gasteiger partial charge in [0.1, 0.15) is 11.5 Å². The predicted molar refractivity (Wildman–Crippen MR) is 136 cm³/mol. The molecule has 0 saturated carbocycles. The number of ether oxygens (including phenoxy) is 2. The molecule has 1 N–H and O–H groups in total. The van der Waals surface area contributed by atoms with E-state index in [0.29, 0.717) is 27.6 Å². The molecule has 3 aromatic carbocycles. The Morgan fingerprint density at radius 3 is 2.23 bits per heavy atom. The zero-order chi connectivity index (χ0) is 25.4. The second-order valence-electron chi connectivity index (χ2n) is 7.20. The summed E-state index contributed by atoms with van der Waals surface area (Å²) in [7, 11) is -1.01. The van der Waals surface area contributed by atoms with Crippen molar-refractivity contribution in [2.24, 2.45) is 5.10 Å². The Kier molecular flexibility index (Phi) is 9.11. The summed E-state index contributed by atoms with van der Waals surface area (Å²) >= 11 is 12.1. The quantitative estimate of drug-likeness (QED) is 0.307. The van der Waals surface area contributed by atoms with E-state index in [1.165, 1.54) is 32.6 Å². The van der Waals surface area contributed by atoms with Crippen LogP contribution in [0.3, 0.4) is 0 Å². The van der Waals surface area contributed by atoms with Gasteiger partial charge in [-0.15, -0.1) is 0 Å². The minimum atomic E-state index is -4.01. The molecule has 35 heavy (non-hydrogen) atoms. The second kappa shape index (κ2) is 12.0. The molecule has 0 fully saturated rings. The molecule has 184 valence electrons. The van der Waals surface area contributed by atoms with Crippen molar-refractivity contribution in [1.82, 2.24) is 9.73 Å². The van der Waals surface area contributed by atoms with Crippen molar-refractivity contribution in [3.8, 4) is 11.5 Å². The van der Waals surface area contributed by atoms with Crippen LogP contribution < -0.4 is 14.9 Å². The normalized spacial score (nSPS) is 11.6. The van der Waals surface area contributed by atoms with Gasteiger partial charge in [0.05, 0.1) is 47.5 Å². The summed E-state index contributed by atoms with van der Waals surface area (Å²) in [5.74, 6) is 0.347. The highest BCUT2D eigenvalue weighted by Crippen LogP contribution is 2.27. The number of nitrogens with zero attached hydrogens (tertiary/aromatic N) is 2. The summed E-state index contributed by atoms with van der Waals surface area (Å²) in [6.07, 6.45) is 1.37. The number of carbonyl (C=O) groups excluding carboxylic acids is 1. The van der Waals surface area contributed by atoms with Gasteiger partial charge in [-0.05, 0) is 42.0 Å². The Balaban J connectivity index is 1.83. The highest BCUT2D eigenvalue weighted by Gasteiger charge is 2.27. The van der Waals surface area contributed by atoms with Gasteiger partial charge in [0.2, 0.25) is 10.0 Å². The van der Waals surface area contributed by atoms with E-state index in [9.17, 15) is 13.2 Å². The topological polar surface area (TPSA) is 97.3 Å². The van der Waals surface area contributed by atoms with Gasteiger partial charge in [-0.3, -0.25) is 4.79 Å². The highest BCUT2D eigenvalue weighted by atomic mass is 35.5. The number of methoxy groups -OCH3 is 2. The van der Waals surface area contributed by atoms with Crippen LogP contribution in [0, 0.1) is 0 Å². The number of hydrazone groups is 1. The van der Waals surface area contributed by atoms with E-state index >= 15 is 0 Å². The van der Waals surface area contributed by atoms with Gasteiger partial charge in [-0.1, -0.05) is 53.5 Å². The molecule has 0 heterocycles. The molecule has 0 radical (unpaired) electrons. The Labute approximate surface area is 214 Å². The third-order valence-electron chi connectivity index (χ3n) is 4.89. The summed E-state index contributed by atoms with van der Waals surface area (Å²) in [6.45, 7) is -0.594. The smallest absolute Gasteiger partial charge is 0.255 e. The lowest BCUT2D eigenvalue weighted by Crippen LogP contribution is -2.39. The van der Waals surface area contributed by atoms with Crippen LogP contribution in [0.1, 0.15) is 11.1 Å². The first kappa shape index (κ1) is 26.5. The standard InChI is InChI=1S/C24H23Cl2N3O5S/c1-33-22-9-6-10-23(34-2)19(22)14-27-28-24(30)16-29(15-17-11-12-20(25)21(26)13-17)35(31,32)18-7-4-3-5-8-18/h3-14H,15-16H2,1-2H3,(H,28,30)/b27-14-. The fourth-order valence-electron chi connectivity index (χ4n) is 3.18. The monoisotopic (exact) mass is 535 g/mol. The summed E-state index contributed by atoms with van der Waals surface area (Å²) in [6, 6.07) is 17.8. The molecular formula is C24H23Cl2N3O5S. The molecule has 3 rings (SSSR count). The number of carbonyl (C=O) groups is 1. The van der Waals surface area contributed by atoms with Gasteiger partial charge in [-0.2, -0.15) is 9.41 Å². The summed E-state index contributed by atoms with van der Waals surface area (Å²) in [5.41, 5.74) is 3.44. The molecule has 0 unspecified atom stereocenters. The first-order valence-corrected chi connectivity index (χ1v) is 12.5. The molecule has 0 aliphatic carbocycles. The largest absolute Gasteiger partial charge is 0.496 e. The molecule has 11 heteroatoms. The summed E-state index contributed by atoms with van der Waals surface area (Å²) < 4.78 is 38.2.